The Balaban J connectivity index is 2.96. The second kappa shape index (κ2) is 3.89. The van der Waals surface area contributed by atoms with Crippen LogP contribution < -0.4 is 5.73 Å². The number of rotatable bonds is 3. The number of anilines is 1. The van der Waals surface area contributed by atoms with Gasteiger partial charge in [0.1, 0.15) is 9.84 Å². The van der Waals surface area contributed by atoms with E-state index in [4.69, 9.17) is 5.73 Å². The van der Waals surface area contributed by atoms with Crippen molar-refractivity contribution in [1.29, 1.82) is 0 Å². The minimum absolute atomic E-state index is 0.0189. The summed E-state index contributed by atoms with van der Waals surface area (Å²) in [6, 6.07) is 0. The van der Waals surface area contributed by atoms with E-state index in [2.05, 4.69) is 9.97 Å². The first kappa shape index (κ1) is 11.5. The fourth-order valence-corrected chi connectivity index (χ4v) is 1.56. The molecule has 0 aliphatic carbocycles. The lowest BCUT2D eigenvalue weighted by molar-refractivity contribution is 0.412. The van der Waals surface area contributed by atoms with Gasteiger partial charge in [-0.15, -0.1) is 0 Å². The molecule has 0 aliphatic rings. The number of nitrogen functional groups attached to an aromatic ring is 1. The molecule has 1 aromatic heterocycles. The molecule has 1 rings (SSSR count). The van der Waals surface area contributed by atoms with Gasteiger partial charge < -0.3 is 15.9 Å². The van der Waals surface area contributed by atoms with Crippen molar-refractivity contribution >= 4 is 15.8 Å². The molecule has 1 aromatic rings. The third-order valence-corrected chi connectivity index (χ3v) is 2.65. The van der Waals surface area contributed by atoms with Crippen molar-refractivity contribution in [3.8, 4) is 11.8 Å². The number of nitrogens with two attached hydrogens (primary N) is 1. The Bertz CT molecular complexity index is 448. The van der Waals surface area contributed by atoms with Gasteiger partial charge in [-0.05, 0) is 6.42 Å². The van der Waals surface area contributed by atoms with E-state index >= 15 is 0 Å². The van der Waals surface area contributed by atoms with Crippen molar-refractivity contribution in [3.05, 3.63) is 5.56 Å². The summed E-state index contributed by atoms with van der Waals surface area (Å²) in [7, 11) is -3.17. The largest absolute Gasteiger partial charge is 0.493 e. The zero-order chi connectivity index (χ0) is 11.6. The summed E-state index contributed by atoms with van der Waals surface area (Å²) >= 11 is 0. The standard InChI is InChI=1S/C7H11N3O4S/c1-15(13,14)3-2-4-5(11)9-7(8)10-6(4)12/h2-3H2,1H3,(H4,8,9,10,11,12). The smallest absolute Gasteiger partial charge is 0.226 e. The van der Waals surface area contributed by atoms with Crippen molar-refractivity contribution in [2.45, 2.75) is 6.42 Å². The van der Waals surface area contributed by atoms with Crippen LogP contribution in [0.3, 0.4) is 0 Å². The third kappa shape index (κ3) is 3.24. The van der Waals surface area contributed by atoms with Crippen molar-refractivity contribution in [2.75, 3.05) is 17.7 Å². The Morgan fingerprint density at radius 3 is 2.13 bits per heavy atom. The van der Waals surface area contributed by atoms with Crippen LogP contribution in [-0.4, -0.2) is 40.6 Å². The van der Waals surface area contributed by atoms with Crippen molar-refractivity contribution in [1.82, 2.24) is 9.97 Å². The first-order valence-electron chi connectivity index (χ1n) is 4.01. The van der Waals surface area contributed by atoms with E-state index in [1.807, 2.05) is 0 Å². The van der Waals surface area contributed by atoms with Gasteiger partial charge in [0.25, 0.3) is 0 Å². The predicted octanol–water partition coefficient (Wildman–Crippen LogP) is -0.943. The normalized spacial score (nSPS) is 11.5. The van der Waals surface area contributed by atoms with E-state index in [0.717, 1.165) is 6.26 Å². The molecule has 0 fully saturated rings. The molecule has 4 N–H and O–H groups in total. The molecule has 0 saturated heterocycles. The van der Waals surface area contributed by atoms with Crippen LogP contribution in [0, 0.1) is 0 Å². The summed E-state index contributed by atoms with van der Waals surface area (Å²) in [5.41, 5.74) is 5.13. The molecule has 0 atom stereocenters. The fourth-order valence-electron chi connectivity index (χ4n) is 0.988. The monoisotopic (exact) mass is 233 g/mol. The van der Waals surface area contributed by atoms with Crippen LogP contribution in [0.5, 0.6) is 11.8 Å². The van der Waals surface area contributed by atoms with Crippen LogP contribution in [0.1, 0.15) is 5.56 Å². The summed E-state index contributed by atoms with van der Waals surface area (Å²) in [5, 5.41) is 18.6. The molecule has 1 heterocycles. The Labute approximate surface area is 86.5 Å². The maximum Gasteiger partial charge on any atom is 0.226 e. The number of aromatic nitrogens is 2. The molecule has 0 amide bonds. The molecule has 0 bridgehead atoms. The fraction of sp³-hybridized carbons (Fsp3) is 0.429. The molecule has 0 unspecified atom stereocenters. The number of nitrogens with zero attached hydrogens (tertiary/aromatic N) is 2. The Morgan fingerprint density at radius 2 is 1.73 bits per heavy atom. The van der Waals surface area contributed by atoms with Gasteiger partial charge in [-0.25, -0.2) is 8.42 Å². The maximum absolute atomic E-state index is 10.9. The summed E-state index contributed by atoms with van der Waals surface area (Å²) in [6.07, 6.45) is 0.996. The van der Waals surface area contributed by atoms with Gasteiger partial charge in [0, 0.05) is 6.26 Å². The van der Waals surface area contributed by atoms with Gasteiger partial charge in [-0.2, -0.15) is 9.97 Å². The molecule has 15 heavy (non-hydrogen) atoms. The highest BCUT2D eigenvalue weighted by Gasteiger charge is 2.14. The zero-order valence-electron chi connectivity index (χ0n) is 8.01. The first-order chi connectivity index (χ1) is 6.79. The molecule has 8 heteroatoms. The van der Waals surface area contributed by atoms with E-state index in [-0.39, 0.29) is 23.7 Å². The Morgan fingerprint density at radius 1 is 1.27 bits per heavy atom. The summed E-state index contributed by atoms with van der Waals surface area (Å²) < 4.78 is 21.7. The summed E-state index contributed by atoms with van der Waals surface area (Å²) in [4.78, 5) is 6.80. The summed E-state index contributed by atoms with van der Waals surface area (Å²) in [6.45, 7) is 0. The second-order valence-electron chi connectivity index (χ2n) is 3.09. The molecule has 0 radical (unpaired) electrons. The first-order valence-corrected chi connectivity index (χ1v) is 6.07. The minimum atomic E-state index is -3.17. The van der Waals surface area contributed by atoms with Crippen LogP contribution in [-0.2, 0) is 16.3 Å². The molecular weight excluding hydrogens is 222 g/mol. The average Bonchev–Trinajstić information content (AvgIpc) is 1.99. The molecule has 7 nitrogen and oxygen atoms in total. The maximum atomic E-state index is 10.9. The van der Waals surface area contributed by atoms with Crippen molar-refractivity contribution in [3.63, 3.8) is 0 Å². The summed E-state index contributed by atoms with van der Waals surface area (Å²) in [5.74, 6) is -1.47. The van der Waals surface area contributed by atoms with Crippen molar-refractivity contribution in [2.24, 2.45) is 0 Å². The van der Waals surface area contributed by atoms with E-state index in [1.165, 1.54) is 0 Å². The van der Waals surface area contributed by atoms with Crippen LogP contribution in [0.4, 0.5) is 5.95 Å². The molecule has 0 aliphatic heterocycles. The van der Waals surface area contributed by atoms with Gasteiger partial charge in [-0.1, -0.05) is 0 Å². The number of hydrogen-bond acceptors (Lipinski definition) is 7. The van der Waals surface area contributed by atoms with Gasteiger partial charge in [-0.3, -0.25) is 0 Å². The number of sulfone groups is 1. The highest BCUT2D eigenvalue weighted by molar-refractivity contribution is 7.90. The lowest BCUT2D eigenvalue weighted by Gasteiger charge is -2.05. The topological polar surface area (TPSA) is 126 Å². The molecule has 0 saturated carbocycles. The molecular formula is C7H11N3O4S. The average molecular weight is 233 g/mol. The molecule has 84 valence electrons. The number of aromatic hydroxyl groups is 2. The van der Waals surface area contributed by atoms with Crippen LogP contribution in [0.25, 0.3) is 0 Å². The molecule has 0 aromatic carbocycles. The van der Waals surface area contributed by atoms with E-state index < -0.39 is 21.6 Å². The van der Waals surface area contributed by atoms with Gasteiger partial charge in [0.15, 0.2) is 0 Å². The van der Waals surface area contributed by atoms with E-state index in [1.54, 1.807) is 0 Å². The number of hydrogen-bond donors (Lipinski definition) is 3. The van der Waals surface area contributed by atoms with Gasteiger partial charge in [0.2, 0.25) is 17.7 Å². The molecule has 0 spiro atoms. The zero-order valence-corrected chi connectivity index (χ0v) is 8.82. The van der Waals surface area contributed by atoms with E-state index in [9.17, 15) is 18.6 Å². The van der Waals surface area contributed by atoms with Crippen LogP contribution in [0.2, 0.25) is 0 Å². The lowest BCUT2D eigenvalue weighted by atomic mass is 10.2. The van der Waals surface area contributed by atoms with Crippen LogP contribution >= 0.6 is 0 Å². The second-order valence-corrected chi connectivity index (χ2v) is 5.35. The quantitative estimate of drug-likeness (QED) is 0.614. The lowest BCUT2D eigenvalue weighted by Crippen LogP contribution is -2.07. The Kier molecular flexibility index (Phi) is 2.98. The third-order valence-electron chi connectivity index (χ3n) is 1.70. The highest BCUT2D eigenvalue weighted by atomic mass is 32.2. The minimum Gasteiger partial charge on any atom is -0.493 e. The predicted molar refractivity (Wildman–Crippen MR) is 53.2 cm³/mol. The van der Waals surface area contributed by atoms with E-state index in [0.29, 0.717) is 0 Å². The van der Waals surface area contributed by atoms with Crippen LogP contribution in [0.15, 0.2) is 0 Å². The Hall–Kier alpha value is -1.57. The van der Waals surface area contributed by atoms with Gasteiger partial charge >= 0.3 is 0 Å². The van der Waals surface area contributed by atoms with Crippen molar-refractivity contribution < 1.29 is 18.6 Å². The SMILES string of the molecule is CS(=O)(=O)CCc1c(O)nc(N)nc1O. The van der Waals surface area contributed by atoms with Gasteiger partial charge in [0.05, 0.1) is 11.3 Å². The highest BCUT2D eigenvalue weighted by Crippen LogP contribution is 2.24.